The fourth-order valence-corrected chi connectivity index (χ4v) is 1.65. The van der Waals surface area contributed by atoms with E-state index in [1.165, 1.54) is 0 Å². The number of halogens is 1. The first-order valence-corrected chi connectivity index (χ1v) is 5.21. The Morgan fingerprint density at radius 1 is 1.40 bits per heavy atom. The Labute approximate surface area is 93.2 Å². The van der Waals surface area contributed by atoms with Gasteiger partial charge in [-0.3, -0.25) is 4.79 Å². The molecule has 3 heteroatoms. The minimum Gasteiger partial charge on any atom is -0.481 e. The average molecular weight is 223 g/mol. The van der Waals surface area contributed by atoms with E-state index < -0.39 is 5.97 Å². The molecule has 0 saturated heterocycles. The van der Waals surface area contributed by atoms with Gasteiger partial charge in [-0.2, -0.15) is 0 Å². The van der Waals surface area contributed by atoms with Crippen molar-refractivity contribution >= 4 is 23.6 Å². The molecule has 0 aromatic heterocycles. The minimum absolute atomic E-state index is 0.173. The third-order valence-corrected chi connectivity index (χ3v) is 2.81. The maximum Gasteiger partial charge on any atom is 0.307 e. The molecule has 0 bridgehead atoms. The van der Waals surface area contributed by atoms with Gasteiger partial charge in [-0.25, -0.2) is 0 Å². The first-order chi connectivity index (χ1) is 7.16. The summed E-state index contributed by atoms with van der Waals surface area (Å²) in [4.78, 5) is 10.6. The SMILES string of the molecule is O=C(O)[C@@H]1C[C@H]1/C=C/c1ccc(Cl)cc1. The molecule has 1 aromatic rings. The van der Waals surface area contributed by atoms with E-state index in [1.54, 1.807) is 0 Å². The molecule has 0 amide bonds. The van der Waals surface area contributed by atoms with Crippen LogP contribution in [0.4, 0.5) is 0 Å². The van der Waals surface area contributed by atoms with E-state index in [-0.39, 0.29) is 11.8 Å². The monoisotopic (exact) mass is 222 g/mol. The molecule has 15 heavy (non-hydrogen) atoms. The van der Waals surface area contributed by atoms with Crippen LogP contribution in [0.15, 0.2) is 30.3 Å². The topological polar surface area (TPSA) is 37.3 Å². The number of aliphatic carboxylic acids is 1. The van der Waals surface area contributed by atoms with Gasteiger partial charge in [0.25, 0.3) is 0 Å². The largest absolute Gasteiger partial charge is 0.481 e. The zero-order chi connectivity index (χ0) is 10.8. The summed E-state index contributed by atoms with van der Waals surface area (Å²) in [5.74, 6) is -0.660. The second-order valence-corrected chi connectivity index (χ2v) is 4.19. The number of benzene rings is 1. The van der Waals surface area contributed by atoms with Gasteiger partial charge in [-0.1, -0.05) is 35.9 Å². The predicted molar refractivity (Wildman–Crippen MR) is 59.7 cm³/mol. The molecule has 78 valence electrons. The molecular weight excluding hydrogens is 212 g/mol. The lowest BCUT2D eigenvalue weighted by Gasteiger charge is -1.93. The van der Waals surface area contributed by atoms with Crippen LogP contribution in [0.1, 0.15) is 12.0 Å². The summed E-state index contributed by atoms with van der Waals surface area (Å²) in [6.45, 7) is 0. The number of allylic oxidation sites excluding steroid dienone is 1. The molecule has 1 aliphatic rings. The van der Waals surface area contributed by atoms with E-state index in [9.17, 15) is 4.79 Å². The van der Waals surface area contributed by atoms with Crippen LogP contribution in [0.5, 0.6) is 0 Å². The quantitative estimate of drug-likeness (QED) is 0.854. The molecule has 1 aromatic carbocycles. The number of carboxylic acids is 1. The highest BCUT2D eigenvalue weighted by molar-refractivity contribution is 6.30. The third kappa shape index (κ3) is 2.60. The van der Waals surface area contributed by atoms with Crippen molar-refractivity contribution < 1.29 is 9.90 Å². The van der Waals surface area contributed by atoms with E-state index in [4.69, 9.17) is 16.7 Å². The molecule has 2 rings (SSSR count). The van der Waals surface area contributed by atoms with Gasteiger partial charge in [0.15, 0.2) is 0 Å². The number of carbonyl (C=O) groups is 1. The maximum absolute atomic E-state index is 10.6. The van der Waals surface area contributed by atoms with Gasteiger partial charge in [0.2, 0.25) is 0 Å². The van der Waals surface area contributed by atoms with Crippen molar-refractivity contribution in [3.63, 3.8) is 0 Å². The van der Waals surface area contributed by atoms with E-state index in [2.05, 4.69) is 0 Å². The summed E-state index contributed by atoms with van der Waals surface area (Å²) in [5.41, 5.74) is 1.05. The van der Waals surface area contributed by atoms with Gasteiger partial charge in [-0.05, 0) is 30.0 Å². The standard InChI is InChI=1S/C12H11ClO2/c13-10-5-2-8(3-6-10)1-4-9-7-11(9)12(14)15/h1-6,9,11H,7H2,(H,14,15)/b4-1+/t9-,11-/m1/s1. The molecule has 1 saturated carbocycles. The first kappa shape index (κ1) is 10.2. The minimum atomic E-state index is -0.694. The number of carboxylic acid groups (broad SMARTS) is 1. The molecule has 0 radical (unpaired) electrons. The van der Waals surface area contributed by atoms with Crippen LogP contribution in [0.25, 0.3) is 6.08 Å². The Bertz CT molecular complexity index is 395. The molecule has 0 unspecified atom stereocenters. The second-order valence-electron chi connectivity index (χ2n) is 3.75. The van der Waals surface area contributed by atoms with Crippen LogP contribution < -0.4 is 0 Å². The van der Waals surface area contributed by atoms with Gasteiger partial charge >= 0.3 is 5.97 Å². The fraction of sp³-hybridized carbons (Fsp3) is 0.250. The van der Waals surface area contributed by atoms with Gasteiger partial charge in [0, 0.05) is 5.02 Å². The van der Waals surface area contributed by atoms with Crippen LogP contribution >= 0.6 is 11.6 Å². The van der Waals surface area contributed by atoms with Crippen molar-refractivity contribution in [1.29, 1.82) is 0 Å². The summed E-state index contributed by atoms with van der Waals surface area (Å²) in [7, 11) is 0. The Balaban J connectivity index is 1.95. The lowest BCUT2D eigenvalue weighted by molar-refractivity contribution is -0.138. The van der Waals surface area contributed by atoms with Crippen LogP contribution in [0, 0.1) is 11.8 Å². The first-order valence-electron chi connectivity index (χ1n) is 4.83. The van der Waals surface area contributed by atoms with Crippen molar-refractivity contribution in [3.8, 4) is 0 Å². The molecule has 0 aliphatic heterocycles. The smallest absolute Gasteiger partial charge is 0.307 e. The molecule has 2 atom stereocenters. The number of rotatable bonds is 3. The molecule has 1 aliphatic carbocycles. The second kappa shape index (κ2) is 4.07. The Kier molecular flexibility index (Phi) is 2.78. The zero-order valence-electron chi connectivity index (χ0n) is 8.06. The van der Waals surface area contributed by atoms with Crippen molar-refractivity contribution in [1.82, 2.24) is 0 Å². The summed E-state index contributed by atoms with van der Waals surface area (Å²) in [6, 6.07) is 7.47. The molecule has 2 nitrogen and oxygen atoms in total. The normalized spacial score (nSPS) is 24.3. The number of hydrogen-bond acceptors (Lipinski definition) is 1. The zero-order valence-corrected chi connectivity index (χ0v) is 8.82. The average Bonchev–Trinajstić information content (AvgIpc) is 2.96. The Morgan fingerprint density at radius 2 is 2.07 bits per heavy atom. The lowest BCUT2D eigenvalue weighted by atomic mass is 10.2. The van der Waals surface area contributed by atoms with Gasteiger partial charge in [0.1, 0.15) is 0 Å². The van der Waals surface area contributed by atoms with Crippen LogP contribution in [0.2, 0.25) is 5.02 Å². The highest BCUT2D eigenvalue weighted by atomic mass is 35.5. The molecule has 1 fully saturated rings. The Hall–Kier alpha value is -1.28. The van der Waals surface area contributed by atoms with Gasteiger partial charge in [-0.15, -0.1) is 0 Å². The molecular formula is C12H11ClO2. The van der Waals surface area contributed by atoms with Crippen molar-refractivity contribution in [3.05, 3.63) is 40.9 Å². The highest BCUT2D eigenvalue weighted by Crippen LogP contribution is 2.40. The van der Waals surface area contributed by atoms with Crippen molar-refractivity contribution in [2.75, 3.05) is 0 Å². The predicted octanol–water partition coefficient (Wildman–Crippen LogP) is 3.07. The van der Waals surface area contributed by atoms with Crippen molar-refractivity contribution in [2.24, 2.45) is 11.8 Å². The highest BCUT2D eigenvalue weighted by Gasteiger charge is 2.40. The van der Waals surface area contributed by atoms with E-state index in [0.717, 1.165) is 12.0 Å². The van der Waals surface area contributed by atoms with E-state index >= 15 is 0 Å². The molecule has 0 spiro atoms. The van der Waals surface area contributed by atoms with E-state index in [1.807, 2.05) is 36.4 Å². The molecule has 1 N–H and O–H groups in total. The number of hydrogen-bond donors (Lipinski definition) is 1. The third-order valence-electron chi connectivity index (χ3n) is 2.56. The summed E-state index contributed by atoms with van der Waals surface area (Å²) >= 11 is 5.75. The Morgan fingerprint density at radius 3 is 2.60 bits per heavy atom. The van der Waals surface area contributed by atoms with Gasteiger partial charge < -0.3 is 5.11 Å². The van der Waals surface area contributed by atoms with E-state index in [0.29, 0.717) is 5.02 Å². The summed E-state index contributed by atoms with van der Waals surface area (Å²) in [6.07, 6.45) is 4.67. The van der Waals surface area contributed by atoms with Crippen LogP contribution in [-0.2, 0) is 4.79 Å². The lowest BCUT2D eigenvalue weighted by Crippen LogP contribution is -1.97. The van der Waals surface area contributed by atoms with Crippen LogP contribution in [0.3, 0.4) is 0 Å². The summed E-state index contributed by atoms with van der Waals surface area (Å²) in [5, 5.41) is 9.42. The van der Waals surface area contributed by atoms with Crippen LogP contribution in [-0.4, -0.2) is 11.1 Å². The van der Waals surface area contributed by atoms with Gasteiger partial charge in [0.05, 0.1) is 5.92 Å². The molecule has 0 heterocycles. The van der Waals surface area contributed by atoms with Crippen molar-refractivity contribution in [2.45, 2.75) is 6.42 Å². The summed E-state index contributed by atoms with van der Waals surface area (Å²) < 4.78 is 0. The fourth-order valence-electron chi connectivity index (χ4n) is 1.52. The maximum atomic E-state index is 10.6.